The van der Waals surface area contributed by atoms with Crippen LogP contribution in [-0.2, 0) is 16.1 Å². The highest BCUT2D eigenvalue weighted by Gasteiger charge is 2.32. The van der Waals surface area contributed by atoms with Gasteiger partial charge in [0.1, 0.15) is 5.75 Å². The van der Waals surface area contributed by atoms with E-state index in [2.05, 4.69) is 4.74 Å². The number of rotatable bonds is 6. The minimum atomic E-state index is -4.79. The number of carbonyl (C=O) groups is 2. The van der Waals surface area contributed by atoms with Crippen molar-refractivity contribution < 1.29 is 32.2 Å². The van der Waals surface area contributed by atoms with Gasteiger partial charge in [-0.3, -0.25) is 9.59 Å². The molecule has 2 heterocycles. The van der Waals surface area contributed by atoms with Gasteiger partial charge in [0, 0.05) is 41.7 Å². The van der Waals surface area contributed by atoms with Crippen LogP contribution in [0.4, 0.5) is 13.2 Å². The van der Waals surface area contributed by atoms with Gasteiger partial charge in [-0.2, -0.15) is 0 Å². The van der Waals surface area contributed by atoms with Gasteiger partial charge in [0.15, 0.2) is 0 Å². The SMILES string of the molecule is COC(=O)CC1CCN(C(=O)c2ccc(Cl)c(Cn3cc(C)c4cc(OC(F)(F)F)cc(C)c43)c2Cl)CC1. The molecular formula is C27H27Cl2F3N2O4. The van der Waals surface area contributed by atoms with Gasteiger partial charge in [-0.25, -0.2) is 0 Å². The smallest absolute Gasteiger partial charge is 0.469 e. The third-order valence-electron chi connectivity index (χ3n) is 6.90. The Hall–Kier alpha value is -2.91. The number of alkyl halides is 3. The van der Waals surface area contributed by atoms with E-state index in [1.54, 1.807) is 30.9 Å². The lowest BCUT2D eigenvalue weighted by Crippen LogP contribution is -2.39. The molecule has 0 atom stereocenters. The molecule has 2 aromatic carbocycles. The van der Waals surface area contributed by atoms with E-state index in [-0.39, 0.29) is 35.1 Å². The van der Waals surface area contributed by atoms with Crippen LogP contribution < -0.4 is 4.74 Å². The number of ether oxygens (including phenoxy) is 2. The van der Waals surface area contributed by atoms with E-state index in [0.29, 0.717) is 65.0 Å². The Morgan fingerprint density at radius 1 is 1.08 bits per heavy atom. The maximum atomic E-state index is 13.3. The Labute approximate surface area is 228 Å². The average molecular weight is 571 g/mol. The van der Waals surface area contributed by atoms with E-state index in [9.17, 15) is 22.8 Å². The van der Waals surface area contributed by atoms with E-state index >= 15 is 0 Å². The Balaban J connectivity index is 1.59. The molecule has 0 unspecified atom stereocenters. The summed E-state index contributed by atoms with van der Waals surface area (Å²) < 4.78 is 49.0. The molecule has 1 saturated heterocycles. The van der Waals surface area contributed by atoms with Crippen molar-refractivity contribution in [2.45, 2.75) is 46.0 Å². The van der Waals surface area contributed by atoms with Crippen molar-refractivity contribution in [2.75, 3.05) is 20.2 Å². The van der Waals surface area contributed by atoms with E-state index < -0.39 is 6.36 Å². The first-order chi connectivity index (χ1) is 17.9. The summed E-state index contributed by atoms with van der Waals surface area (Å²) in [5.41, 5.74) is 2.91. The molecular weight excluding hydrogens is 544 g/mol. The molecule has 4 rings (SSSR count). The van der Waals surface area contributed by atoms with Crippen molar-refractivity contribution in [3.8, 4) is 5.75 Å². The van der Waals surface area contributed by atoms with Crippen molar-refractivity contribution in [3.63, 3.8) is 0 Å². The molecule has 0 N–H and O–H groups in total. The summed E-state index contributed by atoms with van der Waals surface area (Å²) >= 11 is 13.2. The summed E-state index contributed by atoms with van der Waals surface area (Å²) in [6.45, 7) is 4.71. The molecule has 38 heavy (non-hydrogen) atoms. The maximum absolute atomic E-state index is 13.3. The number of aromatic nitrogens is 1. The lowest BCUT2D eigenvalue weighted by Gasteiger charge is -2.32. The third kappa shape index (κ3) is 6.04. The molecule has 11 heteroatoms. The molecule has 0 spiro atoms. The van der Waals surface area contributed by atoms with Gasteiger partial charge in [-0.15, -0.1) is 13.2 Å². The molecule has 0 bridgehead atoms. The van der Waals surface area contributed by atoms with Gasteiger partial charge in [-0.1, -0.05) is 23.2 Å². The number of fused-ring (bicyclic) bond motifs is 1. The zero-order chi connectivity index (χ0) is 27.8. The molecule has 0 aliphatic carbocycles. The summed E-state index contributed by atoms with van der Waals surface area (Å²) in [6, 6.07) is 5.91. The molecule has 1 fully saturated rings. The Morgan fingerprint density at radius 2 is 1.76 bits per heavy atom. The second kappa shape index (κ2) is 11.1. The summed E-state index contributed by atoms with van der Waals surface area (Å²) in [7, 11) is 1.36. The van der Waals surface area contributed by atoms with Crippen molar-refractivity contribution in [1.82, 2.24) is 9.47 Å². The lowest BCUT2D eigenvalue weighted by atomic mass is 9.93. The van der Waals surface area contributed by atoms with Crippen LogP contribution >= 0.6 is 23.2 Å². The number of piperidine rings is 1. The molecule has 6 nitrogen and oxygen atoms in total. The molecule has 1 aliphatic rings. The number of halogens is 5. The number of methoxy groups -OCH3 is 1. The van der Waals surface area contributed by atoms with Gasteiger partial charge in [-0.05, 0) is 68.0 Å². The topological polar surface area (TPSA) is 60.8 Å². The predicted molar refractivity (Wildman–Crippen MR) is 139 cm³/mol. The second-order valence-electron chi connectivity index (χ2n) is 9.53. The normalized spacial score (nSPS) is 14.7. The molecule has 3 aromatic rings. The van der Waals surface area contributed by atoms with E-state index in [1.807, 2.05) is 10.8 Å². The summed E-state index contributed by atoms with van der Waals surface area (Å²) in [5.74, 6) is -0.601. The van der Waals surface area contributed by atoms with E-state index in [4.69, 9.17) is 27.9 Å². The first kappa shape index (κ1) is 28.1. The Bertz CT molecular complexity index is 1380. The quantitative estimate of drug-likeness (QED) is 0.301. The number of aryl methyl sites for hydroxylation is 2. The number of hydrogen-bond donors (Lipinski definition) is 0. The first-order valence-corrected chi connectivity index (χ1v) is 12.8. The summed E-state index contributed by atoms with van der Waals surface area (Å²) in [4.78, 5) is 26.6. The Kier molecular flexibility index (Phi) is 8.18. The van der Waals surface area contributed by atoms with Crippen LogP contribution in [0.3, 0.4) is 0 Å². The van der Waals surface area contributed by atoms with Crippen molar-refractivity contribution in [2.24, 2.45) is 5.92 Å². The second-order valence-corrected chi connectivity index (χ2v) is 10.3. The average Bonchev–Trinajstić information content (AvgIpc) is 3.16. The highest BCUT2D eigenvalue weighted by atomic mass is 35.5. The van der Waals surface area contributed by atoms with Crippen LogP contribution in [0.15, 0.2) is 30.5 Å². The summed E-state index contributed by atoms with van der Waals surface area (Å²) in [5, 5.41) is 1.21. The Morgan fingerprint density at radius 3 is 2.39 bits per heavy atom. The van der Waals surface area contributed by atoms with Crippen LogP contribution in [0.1, 0.15) is 46.3 Å². The minimum absolute atomic E-state index is 0.165. The van der Waals surface area contributed by atoms with Gasteiger partial charge in [0.2, 0.25) is 0 Å². The lowest BCUT2D eigenvalue weighted by molar-refractivity contribution is -0.274. The van der Waals surface area contributed by atoms with Crippen LogP contribution in [0, 0.1) is 19.8 Å². The van der Waals surface area contributed by atoms with Crippen LogP contribution in [0.5, 0.6) is 5.75 Å². The highest BCUT2D eigenvalue weighted by molar-refractivity contribution is 6.38. The predicted octanol–water partition coefficient (Wildman–Crippen LogP) is 6.93. The number of amides is 1. The fourth-order valence-corrected chi connectivity index (χ4v) is 5.59. The van der Waals surface area contributed by atoms with Crippen LogP contribution in [-0.4, -0.2) is 47.9 Å². The third-order valence-corrected chi connectivity index (χ3v) is 7.68. The molecule has 204 valence electrons. The zero-order valence-corrected chi connectivity index (χ0v) is 22.6. The van der Waals surface area contributed by atoms with Gasteiger partial charge >= 0.3 is 12.3 Å². The van der Waals surface area contributed by atoms with Crippen LogP contribution in [0.25, 0.3) is 10.9 Å². The molecule has 0 saturated carbocycles. The van der Waals surface area contributed by atoms with Crippen LogP contribution in [0.2, 0.25) is 10.0 Å². The summed E-state index contributed by atoms with van der Waals surface area (Å²) in [6.07, 6.45) is -1.28. The number of hydrogen-bond acceptors (Lipinski definition) is 4. The number of likely N-dealkylation sites (tertiary alicyclic amines) is 1. The van der Waals surface area contributed by atoms with Gasteiger partial charge in [0.05, 0.1) is 29.8 Å². The maximum Gasteiger partial charge on any atom is 0.573 e. The largest absolute Gasteiger partial charge is 0.573 e. The van der Waals surface area contributed by atoms with Crippen molar-refractivity contribution in [1.29, 1.82) is 0 Å². The number of benzene rings is 2. The molecule has 1 aliphatic heterocycles. The first-order valence-electron chi connectivity index (χ1n) is 12.1. The monoisotopic (exact) mass is 570 g/mol. The van der Waals surface area contributed by atoms with Crippen molar-refractivity contribution in [3.05, 3.63) is 62.8 Å². The molecule has 1 amide bonds. The van der Waals surface area contributed by atoms with E-state index in [0.717, 1.165) is 5.56 Å². The number of esters is 1. The van der Waals surface area contributed by atoms with Gasteiger partial charge < -0.3 is 18.9 Å². The highest BCUT2D eigenvalue weighted by Crippen LogP contribution is 2.35. The van der Waals surface area contributed by atoms with Gasteiger partial charge in [0.25, 0.3) is 5.91 Å². The van der Waals surface area contributed by atoms with E-state index in [1.165, 1.54) is 19.2 Å². The fraction of sp³-hybridized carbons (Fsp3) is 0.407. The van der Waals surface area contributed by atoms with Crippen molar-refractivity contribution >= 4 is 46.0 Å². The molecule has 1 aromatic heterocycles. The molecule has 0 radical (unpaired) electrons. The zero-order valence-electron chi connectivity index (χ0n) is 21.1. The number of carbonyl (C=O) groups excluding carboxylic acids is 2. The number of nitrogens with zero attached hydrogens (tertiary/aromatic N) is 2. The fourth-order valence-electron chi connectivity index (χ4n) is 5.02. The standard InChI is InChI=1S/C27H27Cl2F3N2O4/c1-15-10-18(38-27(30,31)32)12-20-16(2)13-34(25(15)20)14-21-22(28)5-4-19(24(21)29)26(36)33-8-6-17(7-9-33)11-23(35)37-3/h4-5,10,12-13,17H,6-9,11,14H2,1-3H3. The minimum Gasteiger partial charge on any atom is -0.469 e.